The van der Waals surface area contributed by atoms with E-state index in [4.69, 9.17) is 4.74 Å². The number of aryl methyl sites for hydroxylation is 1. The first kappa shape index (κ1) is 16.0. The molecule has 0 spiro atoms. The van der Waals surface area contributed by atoms with Crippen molar-refractivity contribution in [2.45, 2.75) is 32.2 Å². The molecule has 2 fully saturated rings. The van der Waals surface area contributed by atoms with Crippen LogP contribution in [0.4, 0.5) is 0 Å². The van der Waals surface area contributed by atoms with Gasteiger partial charge in [-0.25, -0.2) is 0 Å². The third kappa shape index (κ3) is 3.72. The highest BCUT2D eigenvalue weighted by Crippen LogP contribution is 2.32. The summed E-state index contributed by atoms with van der Waals surface area (Å²) in [4.78, 5) is 26.4. The van der Waals surface area contributed by atoms with Crippen LogP contribution in [0.15, 0.2) is 24.3 Å². The molecule has 2 atom stereocenters. The maximum absolute atomic E-state index is 12.5. The Morgan fingerprint density at radius 3 is 2.74 bits per heavy atom. The largest absolute Gasteiger partial charge is 0.381 e. The Morgan fingerprint density at radius 2 is 2.04 bits per heavy atom. The summed E-state index contributed by atoms with van der Waals surface area (Å²) in [7, 11) is 0. The minimum Gasteiger partial charge on any atom is -0.381 e. The van der Waals surface area contributed by atoms with Gasteiger partial charge in [0.15, 0.2) is 0 Å². The molecule has 0 saturated carbocycles. The second-order valence-corrected chi connectivity index (χ2v) is 6.51. The standard InChI is InChI=1S/C18H24N2O3/c1-13-4-6-15(7-5-13)16-3-2-9-20(16)18(22)17(21)19-11-14-8-10-23-12-14/h4-7,14,16H,2-3,8-12H2,1H3,(H,19,21)/t14-,16+/m0/s1. The van der Waals surface area contributed by atoms with Crippen LogP contribution in [0.1, 0.15) is 36.4 Å². The lowest BCUT2D eigenvalue weighted by molar-refractivity contribution is -0.146. The van der Waals surface area contributed by atoms with Crippen molar-refractivity contribution in [3.63, 3.8) is 0 Å². The third-order valence-corrected chi connectivity index (χ3v) is 4.75. The summed E-state index contributed by atoms with van der Waals surface area (Å²) in [5, 5.41) is 2.77. The van der Waals surface area contributed by atoms with Crippen molar-refractivity contribution in [1.82, 2.24) is 10.2 Å². The fourth-order valence-corrected chi connectivity index (χ4v) is 3.33. The van der Waals surface area contributed by atoms with Crippen LogP contribution < -0.4 is 5.32 Å². The zero-order chi connectivity index (χ0) is 16.2. The van der Waals surface area contributed by atoms with Crippen LogP contribution in [0.25, 0.3) is 0 Å². The Kier molecular flexibility index (Phi) is 4.96. The molecular weight excluding hydrogens is 292 g/mol. The molecule has 0 bridgehead atoms. The molecule has 1 aromatic carbocycles. The van der Waals surface area contributed by atoms with Crippen LogP contribution in [0, 0.1) is 12.8 Å². The number of carbonyl (C=O) groups is 2. The van der Waals surface area contributed by atoms with Gasteiger partial charge < -0.3 is 15.0 Å². The van der Waals surface area contributed by atoms with Crippen molar-refractivity contribution >= 4 is 11.8 Å². The van der Waals surface area contributed by atoms with Gasteiger partial charge in [-0.15, -0.1) is 0 Å². The molecule has 2 heterocycles. The average Bonchev–Trinajstić information content (AvgIpc) is 3.24. The molecule has 0 aliphatic carbocycles. The molecule has 124 valence electrons. The molecule has 5 heteroatoms. The predicted octanol–water partition coefficient (Wildman–Crippen LogP) is 1.81. The minimum absolute atomic E-state index is 0.0173. The number of likely N-dealkylation sites (tertiary alicyclic amines) is 1. The lowest BCUT2D eigenvalue weighted by Crippen LogP contribution is -2.44. The molecule has 0 aromatic heterocycles. The van der Waals surface area contributed by atoms with Crippen molar-refractivity contribution < 1.29 is 14.3 Å². The number of hydrogen-bond acceptors (Lipinski definition) is 3. The molecule has 2 amide bonds. The van der Waals surface area contributed by atoms with E-state index in [9.17, 15) is 9.59 Å². The minimum atomic E-state index is -0.490. The number of benzene rings is 1. The summed E-state index contributed by atoms with van der Waals surface area (Å²) in [5.41, 5.74) is 2.31. The van der Waals surface area contributed by atoms with Gasteiger partial charge in [0, 0.05) is 25.6 Å². The molecule has 0 radical (unpaired) electrons. The fourth-order valence-electron chi connectivity index (χ4n) is 3.33. The summed E-state index contributed by atoms with van der Waals surface area (Å²) < 4.78 is 5.29. The van der Waals surface area contributed by atoms with Gasteiger partial charge in [-0.3, -0.25) is 9.59 Å². The number of rotatable bonds is 3. The van der Waals surface area contributed by atoms with E-state index in [-0.39, 0.29) is 6.04 Å². The summed E-state index contributed by atoms with van der Waals surface area (Å²) in [6.07, 6.45) is 2.80. The molecule has 1 N–H and O–H groups in total. The van der Waals surface area contributed by atoms with Crippen molar-refractivity contribution in [3.05, 3.63) is 35.4 Å². The number of ether oxygens (including phenoxy) is 1. The Labute approximate surface area is 137 Å². The van der Waals surface area contributed by atoms with Crippen molar-refractivity contribution in [1.29, 1.82) is 0 Å². The Balaban J connectivity index is 1.60. The maximum Gasteiger partial charge on any atom is 0.312 e. The van der Waals surface area contributed by atoms with Gasteiger partial charge >= 0.3 is 11.8 Å². The molecule has 0 unspecified atom stereocenters. The van der Waals surface area contributed by atoms with Gasteiger partial charge in [0.05, 0.1) is 12.6 Å². The van der Waals surface area contributed by atoms with Gasteiger partial charge in [0.1, 0.15) is 0 Å². The zero-order valence-electron chi connectivity index (χ0n) is 13.6. The maximum atomic E-state index is 12.5. The first-order valence-electron chi connectivity index (χ1n) is 8.38. The topological polar surface area (TPSA) is 58.6 Å². The van der Waals surface area contributed by atoms with E-state index in [0.717, 1.165) is 31.4 Å². The van der Waals surface area contributed by atoms with Gasteiger partial charge in [-0.1, -0.05) is 29.8 Å². The highest BCUT2D eigenvalue weighted by Gasteiger charge is 2.33. The van der Waals surface area contributed by atoms with E-state index in [1.165, 1.54) is 5.56 Å². The molecule has 2 aliphatic heterocycles. The predicted molar refractivity (Wildman–Crippen MR) is 86.8 cm³/mol. The van der Waals surface area contributed by atoms with Crippen molar-refractivity contribution in [2.75, 3.05) is 26.3 Å². The first-order valence-corrected chi connectivity index (χ1v) is 8.38. The van der Waals surface area contributed by atoms with E-state index in [1.54, 1.807) is 4.90 Å². The van der Waals surface area contributed by atoms with Gasteiger partial charge in [0.2, 0.25) is 0 Å². The number of carbonyl (C=O) groups excluding carboxylic acids is 2. The van der Waals surface area contributed by atoms with E-state index in [0.29, 0.717) is 25.6 Å². The molecule has 2 saturated heterocycles. The summed E-state index contributed by atoms with van der Waals surface area (Å²) in [6.45, 7) is 4.63. The normalized spacial score (nSPS) is 24.0. The highest BCUT2D eigenvalue weighted by molar-refractivity contribution is 6.35. The smallest absolute Gasteiger partial charge is 0.312 e. The summed E-state index contributed by atoms with van der Waals surface area (Å²) in [6, 6.07) is 8.23. The van der Waals surface area contributed by atoms with Crippen LogP contribution in [0.3, 0.4) is 0 Å². The summed E-state index contributed by atoms with van der Waals surface area (Å²) >= 11 is 0. The number of amides is 2. The number of nitrogens with zero attached hydrogens (tertiary/aromatic N) is 1. The quantitative estimate of drug-likeness (QED) is 0.865. The van der Waals surface area contributed by atoms with E-state index in [1.807, 2.05) is 6.92 Å². The second kappa shape index (κ2) is 7.13. The van der Waals surface area contributed by atoms with Crippen LogP contribution in [-0.2, 0) is 14.3 Å². The van der Waals surface area contributed by atoms with Gasteiger partial charge in [-0.2, -0.15) is 0 Å². The lowest BCUT2D eigenvalue weighted by Gasteiger charge is -2.24. The van der Waals surface area contributed by atoms with Crippen LogP contribution in [0.5, 0.6) is 0 Å². The molecule has 5 nitrogen and oxygen atoms in total. The molecule has 2 aliphatic rings. The Morgan fingerprint density at radius 1 is 1.26 bits per heavy atom. The molecule has 23 heavy (non-hydrogen) atoms. The van der Waals surface area contributed by atoms with E-state index in [2.05, 4.69) is 29.6 Å². The van der Waals surface area contributed by atoms with Gasteiger partial charge in [0.25, 0.3) is 0 Å². The highest BCUT2D eigenvalue weighted by atomic mass is 16.5. The van der Waals surface area contributed by atoms with Crippen LogP contribution in [-0.4, -0.2) is 43.0 Å². The van der Waals surface area contributed by atoms with Crippen LogP contribution in [0.2, 0.25) is 0 Å². The van der Waals surface area contributed by atoms with E-state index >= 15 is 0 Å². The monoisotopic (exact) mass is 316 g/mol. The first-order chi connectivity index (χ1) is 11.1. The van der Waals surface area contributed by atoms with Crippen molar-refractivity contribution in [2.24, 2.45) is 5.92 Å². The third-order valence-electron chi connectivity index (χ3n) is 4.75. The van der Waals surface area contributed by atoms with E-state index < -0.39 is 11.8 Å². The SMILES string of the molecule is Cc1ccc([C@H]2CCCN2C(=O)C(=O)NC[C@@H]2CCOC2)cc1. The summed E-state index contributed by atoms with van der Waals surface area (Å²) in [5.74, 6) is -0.568. The number of hydrogen-bond donors (Lipinski definition) is 1. The lowest BCUT2D eigenvalue weighted by atomic mass is 10.0. The molecular formula is C18H24N2O3. The van der Waals surface area contributed by atoms with Crippen molar-refractivity contribution in [3.8, 4) is 0 Å². The molecule has 1 aromatic rings. The van der Waals surface area contributed by atoms with Gasteiger partial charge in [-0.05, 0) is 31.7 Å². The zero-order valence-corrected chi connectivity index (χ0v) is 13.6. The Bertz CT molecular complexity index is 564. The average molecular weight is 316 g/mol. The Hall–Kier alpha value is -1.88. The van der Waals surface area contributed by atoms with Crippen LogP contribution >= 0.6 is 0 Å². The fraction of sp³-hybridized carbons (Fsp3) is 0.556. The molecule has 3 rings (SSSR count). The number of nitrogens with one attached hydrogen (secondary N) is 1. The second-order valence-electron chi connectivity index (χ2n) is 6.51.